The van der Waals surface area contributed by atoms with Crippen LogP contribution in [0.5, 0.6) is 0 Å². The van der Waals surface area contributed by atoms with Gasteiger partial charge in [-0.15, -0.1) is 0 Å². The Balaban J connectivity index is 1.49. The summed E-state index contributed by atoms with van der Waals surface area (Å²) in [5.74, 6) is 0.995. The van der Waals surface area contributed by atoms with Crippen LogP contribution in [0.4, 0.5) is 0 Å². The Morgan fingerprint density at radius 1 is 1.15 bits per heavy atom. The van der Waals surface area contributed by atoms with Crippen molar-refractivity contribution in [2.45, 2.75) is 25.0 Å². The number of guanidine groups is 1. The van der Waals surface area contributed by atoms with E-state index in [2.05, 4.69) is 25.0 Å². The van der Waals surface area contributed by atoms with E-state index < -0.39 is 0 Å². The van der Waals surface area contributed by atoms with Crippen LogP contribution < -0.4 is 5.32 Å². The number of piperazine rings is 3. The quantitative estimate of drug-likeness (QED) is 0.503. The summed E-state index contributed by atoms with van der Waals surface area (Å²) in [5.41, 5.74) is 0. The van der Waals surface area contributed by atoms with Gasteiger partial charge in [-0.05, 0) is 12.8 Å². The Morgan fingerprint density at radius 3 is 2.40 bits per heavy atom. The van der Waals surface area contributed by atoms with Crippen LogP contribution in [-0.2, 0) is 0 Å². The van der Waals surface area contributed by atoms with Crippen LogP contribution in [0.2, 0.25) is 0 Å². The average molecular weight is 281 g/mol. The molecule has 0 radical (unpaired) electrons. The summed E-state index contributed by atoms with van der Waals surface area (Å²) in [5, 5.41) is 13.1. The minimum atomic E-state index is -0.127. The van der Waals surface area contributed by atoms with Crippen LogP contribution >= 0.6 is 0 Å². The Morgan fingerprint density at radius 2 is 1.85 bits per heavy atom. The number of rotatable bonds is 2. The zero-order chi connectivity index (χ0) is 13.9. The molecule has 6 nitrogen and oxygen atoms in total. The van der Waals surface area contributed by atoms with Crippen LogP contribution in [0.1, 0.15) is 12.8 Å². The maximum atomic E-state index is 9.59. The molecular formula is C14H27N5O. The van der Waals surface area contributed by atoms with Crippen molar-refractivity contribution in [3.05, 3.63) is 0 Å². The molecule has 2 bridgehead atoms. The first kappa shape index (κ1) is 14.1. The van der Waals surface area contributed by atoms with Gasteiger partial charge >= 0.3 is 0 Å². The zero-order valence-electron chi connectivity index (χ0n) is 12.5. The van der Waals surface area contributed by atoms with Crippen LogP contribution in [-0.4, -0.2) is 97.3 Å². The molecule has 1 unspecified atom stereocenters. The average Bonchev–Trinajstić information content (AvgIpc) is 2.51. The van der Waals surface area contributed by atoms with Gasteiger partial charge in [0.15, 0.2) is 5.96 Å². The molecule has 0 aromatic carbocycles. The number of fused-ring (bicyclic) bond motifs is 3. The van der Waals surface area contributed by atoms with Crippen molar-refractivity contribution in [3.63, 3.8) is 0 Å². The summed E-state index contributed by atoms with van der Waals surface area (Å²) in [6.45, 7) is 8.85. The Bertz CT molecular complexity index is 345. The number of nitrogens with one attached hydrogen (secondary N) is 1. The van der Waals surface area contributed by atoms with Crippen molar-refractivity contribution in [2.24, 2.45) is 4.99 Å². The summed E-state index contributed by atoms with van der Waals surface area (Å²) in [6.07, 6.45) is 1.57. The maximum Gasteiger partial charge on any atom is 0.193 e. The van der Waals surface area contributed by atoms with E-state index in [0.29, 0.717) is 6.04 Å². The highest BCUT2D eigenvalue weighted by Gasteiger charge is 2.32. The number of likely N-dealkylation sites (tertiary alicyclic amines) is 1. The molecule has 0 saturated carbocycles. The second-order valence-electron chi connectivity index (χ2n) is 6.14. The Labute approximate surface area is 121 Å². The molecule has 0 amide bonds. The lowest BCUT2D eigenvalue weighted by Crippen LogP contribution is -2.64. The normalized spacial score (nSPS) is 35.4. The summed E-state index contributed by atoms with van der Waals surface area (Å²) in [6, 6.07) is 0.615. The highest BCUT2D eigenvalue weighted by Crippen LogP contribution is 2.15. The number of aliphatic hydroxyl groups is 1. The zero-order valence-corrected chi connectivity index (χ0v) is 12.5. The van der Waals surface area contributed by atoms with Gasteiger partial charge < -0.3 is 15.3 Å². The fraction of sp³-hybridized carbons (Fsp3) is 0.929. The first-order valence-corrected chi connectivity index (χ1v) is 7.86. The monoisotopic (exact) mass is 281 g/mol. The van der Waals surface area contributed by atoms with Crippen molar-refractivity contribution in [3.8, 4) is 0 Å². The Hall–Kier alpha value is -0.850. The smallest absolute Gasteiger partial charge is 0.193 e. The van der Waals surface area contributed by atoms with Crippen LogP contribution in [0.15, 0.2) is 4.99 Å². The molecule has 4 rings (SSSR count). The molecule has 4 aliphatic rings. The molecule has 4 heterocycles. The molecule has 4 saturated heterocycles. The van der Waals surface area contributed by atoms with Gasteiger partial charge in [-0.25, -0.2) is 0 Å². The van der Waals surface area contributed by atoms with E-state index in [1.807, 2.05) is 7.05 Å². The number of aliphatic hydroxyl groups excluding tert-OH is 1. The van der Waals surface area contributed by atoms with Gasteiger partial charge in [0.1, 0.15) is 0 Å². The van der Waals surface area contributed by atoms with E-state index in [0.717, 1.165) is 38.4 Å². The molecule has 0 aliphatic carbocycles. The minimum Gasteiger partial charge on any atom is -0.393 e. The number of piperidine rings is 1. The molecule has 0 spiro atoms. The van der Waals surface area contributed by atoms with Crippen LogP contribution in [0.25, 0.3) is 0 Å². The largest absolute Gasteiger partial charge is 0.393 e. The fourth-order valence-corrected chi connectivity index (χ4v) is 3.54. The predicted octanol–water partition coefficient (Wildman–Crippen LogP) is -0.982. The van der Waals surface area contributed by atoms with Crippen molar-refractivity contribution in [2.75, 3.05) is 59.4 Å². The van der Waals surface area contributed by atoms with Gasteiger partial charge in [0, 0.05) is 65.4 Å². The molecular weight excluding hydrogens is 254 g/mol. The van der Waals surface area contributed by atoms with Crippen molar-refractivity contribution >= 4 is 5.96 Å². The predicted molar refractivity (Wildman–Crippen MR) is 80.0 cm³/mol. The highest BCUT2D eigenvalue weighted by atomic mass is 16.3. The molecule has 4 aliphatic heterocycles. The van der Waals surface area contributed by atoms with Crippen molar-refractivity contribution in [1.82, 2.24) is 20.0 Å². The van der Waals surface area contributed by atoms with E-state index in [4.69, 9.17) is 0 Å². The van der Waals surface area contributed by atoms with Gasteiger partial charge in [-0.3, -0.25) is 14.8 Å². The van der Waals surface area contributed by atoms with E-state index in [1.54, 1.807) is 0 Å². The second kappa shape index (κ2) is 6.28. The molecule has 114 valence electrons. The van der Waals surface area contributed by atoms with E-state index in [9.17, 15) is 5.11 Å². The minimum absolute atomic E-state index is 0.127. The second-order valence-corrected chi connectivity index (χ2v) is 6.14. The molecule has 0 aromatic rings. The van der Waals surface area contributed by atoms with Gasteiger partial charge in [-0.1, -0.05) is 0 Å². The molecule has 20 heavy (non-hydrogen) atoms. The van der Waals surface area contributed by atoms with E-state index in [1.165, 1.54) is 32.7 Å². The van der Waals surface area contributed by atoms with E-state index >= 15 is 0 Å². The Kier molecular flexibility index (Phi) is 4.43. The third kappa shape index (κ3) is 3.07. The van der Waals surface area contributed by atoms with Gasteiger partial charge in [0.05, 0.1) is 6.10 Å². The summed E-state index contributed by atoms with van der Waals surface area (Å²) < 4.78 is 0. The lowest BCUT2D eigenvalue weighted by Gasteiger charge is -2.47. The van der Waals surface area contributed by atoms with Crippen molar-refractivity contribution < 1.29 is 5.11 Å². The SMILES string of the molecule is CN=C(NCC1CN2CCN1CC2)N1CCC(O)CC1. The number of hydrogen-bond acceptors (Lipinski definition) is 4. The molecule has 4 fully saturated rings. The van der Waals surface area contributed by atoms with Crippen LogP contribution in [0.3, 0.4) is 0 Å². The first-order valence-electron chi connectivity index (χ1n) is 7.86. The van der Waals surface area contributed by atoms with Gasteiger partial charge in [-0.2, -0.15) is 0 Å². The lowest BCUT2D eigenvalue weighted by atomic mass is 10.1. The van der Waals surface area contributed by atoms with Crippen molar-refractivity contribution in [1.29, 1.82) is 0 Å². The molecule has 1 atom stereocenters. The standard InChI is InChI=1S/C14H27N5O/c1-15-14(19-4-2-13(20)3-5-19)16-10-12-11-17-6-8-18(12)9-7-17/h12-13,20H,2-11H2,1H3,(H,15,16). The van der Waals surface area contributed by atoms with Gasteiger partial charge in [0.2, 0.25) is 0 Å². The number of aliphatic imine (C=N–C) groups is 1. The lowest BCUT2D eigenvalue weighted by molar-refractivity contribution is 0.0150. The topological polar surface area (TPSA) is 54.3 Å². The summed E-state index contributed by atoms with van der Waals surface area (Å²) in [7, 11) is 1.85. The number of nitrogens with zero attached hydrogens (tertiary/aromatic N) is 4. The fourth-order valence-electron chi connectivity index (χ4n) is 3.54. The maximum absolute atomic E-state index is 9.59. The van der Waals surface area contributed by atoms with Crippen LogP contribution in [0, 0.1) is 0 Å². The van der Waals surface area contributed by atoms with Gasteiger partial charge in [0.25, 0.3) is 0 Å². The third-order valence-corrected chi connectivity index (χ3v) is 4.86. The molecule has 6 heteroatoms. The molecule has 2 N–H and O–H groups in total. The third-order valence-electron chi connectivity index (χ3n) is 4.86. The highest BCUT2D eigenvalue weighted by molar-refractivity contribution is 5.80. The molecule has 0 aromatic heterocycles. The summed E-state index contributed by atoms with van der Waals surface area (Å²) >= 11 is 0. The first-order chi connectivity index (χ1) is 9.76. The number of hydrogen-bond donors (Lipinski definition) is 2. The van der Waals surface area contributed by atoms with E-state index in [-0.39, 0.29) is 6.10 Å². The summed E-state index contributed by atoms with van der Waals surface area (Å²) in [4.78, 5) is 11.8.